The molecule has 5 heteroatoms. The number of carbonyl (C=O) groups excluding carboxylic acids is 1. The number of carbonyl (C=O) groups is 1. The Labute approximate surface area is 111 Å². The van der Waals surface area contributed by atoms with Crippen molar-refractivity contribution in [2.45, 2.75) is 25.5 Å². The zero-order chi connectivity index (χ0) is 12.7. The molecule has 2 saturated heterocycles. The highest BCUT2D eigenvalue weighted by Gasteiger charge is 2.44. The van der Waals surface area contributed by atoms with E-state index < -0.39 is 0 Å². The van der Waals surface area contributed by atoms with Gasteiger partial charge < -0.3 is 10.1 Å². The van der Waals surface area contributed by atoms with Crippen LogP contribution >= 0.6 is 11.6 Å². The zero-order valence-corrected chi connectivity index (χ0v) is 10.9. The molecule has 96 valence electrons. The SMILES string of the molecule is Cc1cc(Cl)ccc1N1C(=O)OC2CNCCC21. The van der Waals surface area contributed by atoms with Crippen LogP contribution in [-0.2, 0) is 4.74 Å². The average Bonchev–Trinajstić information content (AvgIpc) is 2.66. The van der Waals surface area contributed by atoms with Crippen molar-refractivity contribution in [1.82, 2.24) is 5.32 Å². The van der Waals surface area contributed by atoms with Crippen molar-refractivity contribution < 1.29 is 9.53 Å². The summed E-state index contributed by atoms with van der Waals surface area (Å²) in [6.45, 7) is 3.61. The summed E-state index contributed by atoms with van der Waals surface area (Å²) < 4.78 is 5.41. The first-order valence-electron chi connectivity index (χ1n) is 6.13. The number of benzene rings is 1. The molecule has 2 atom stereocenters. The fourth-order valence-corrected chi connectivity index (χ4v) is 2.95. The molecule has 0 saturated carbocycles. The predicted molar refractivity (Wildman–Crippen MR) is 70.2 cm³/mol. The predicted octanol–water partition coefficient (Wildman–Crippen LogP) is 2.34. The molecule has 0 aromatic heterocycles. The van der Waals surface area contributed by atoms with Crippen LogP contribution < -0.4 is 10.2 Å². The van der Waals surface area contributed by atoms with E-state index in [1.54, 1.807) is 4.90 Å². The van der Waals surface area contributed by atoms with Crippen LogP contribution in [-0.4, -0.2) is 31.3 Å². The normalized spacial score (nSPS) is 27.0. The Hall–Kier alpha value is -1.26. The van der Waals surface area contributed by atoms with Crippen molar-refractivity contribution in [1.29, 1.82) is 0 Å². The van der Waals surface area contributed by atoms with E-state index in [0.29, 0.717) is 5.02 Å². The second-order valence-corrected chi connectivity index (χ2v) is 5.22. The van der Waals surface area contributed by atoms with E-state index in [-0.39, 0.29) is 18.2 Å². The molecular weight excluding hydrogens is 252 g/mol. The van der Waals surface area contributed by atoms with Gasteiger partial charge in [-0.2, -0.15) is 0 Å². The van der Waals surface area contributed by atoms with Crippen molar-refractivity contribution in [2.75, 3.05) is 18.0 Å². The van der Waals surface area contributed by atoms with Gasteiger partial charge in [-0.3, -0.25) is 4.90 Å². The molecule has 0 spiro atoms. The van der Waals surface area contributed by atoms with Crippen molar-refractivity contribution in [3.8, 4) is 0 Å². The minimum absolute atomic E-state index is 0.0404. The Kier molecular flexibility index (Phi) is 2.92. The number of halogens is 1. The van der Waals surface area contributed by atoms with Gasteiger partial charge in [0.2, 0.25) is 0 Å². The van der Waals surface area contributed by atoms with Gasteiger partial charge in [0.05, 0.1) is 11.7 Å². The van der Waals surface area contributed by atoms with E-state index in [0.717, 1.165) is 30.8 Å². The number of aryl methyl sites for hydroxylation is 1. The highest BCUT2D eigenvalue weighted by atomic mass is 35.5. The molecule has 2 heterocycles. The Balaban J connectivity index is 1.97. The summed E-state index contributed by atoms with van der Waals surface area (Å²) in [5, 5.41) is 3.93. The maximum atomic E-state index is 12.0. The van der Waals surface area contributed by atoms with Gasteiger partial charge >= 0.3 is 6.09 Å². The van der Waals surface area contributed by atoms with E-state index in [9.17, 15) is 4.79 Å². The van der Waals surface area contributed by atoms with Crippen LogP contribution in [0.2, 0.25) is 5.02 Å². The van der Waals surface area contributed by atoms with Crippen molar-refractivity contribution in [3.63, 3.8) is 0 Å². The summed E-state index contributed by atoms with van der Waals surface area (Å²) in [6.07, 6.45) is 0.624. The third-order valence-corrected chi connectivity index (χ3v) is 3.83. The number of ether oxygens (including phenoxy) is 1. The Morgan fingerprint density at radius 1 is 1.50 bits per heavy atom. The molecule has 1 aromatic carbocycles. The van der Waals surface area contributed by atoms with Crippen LogP contribution in [0.5, 0.6) is 0 Å². The number of hydrogen-bond acceptors (Lipinski definition) is 3. The van der Waals surface area contributed by atoms with Crippen molar-refractivity contribution in [3.05, 3.63) is 28.8 Å². The summed E-state index contributed by atoms with van der Waals surface area (Å²) in [6, 6.07) is 5.71. The second kappa shape index (κ2) is 4.44. The third kappa shape index (κ3) is 1.85. The molecule has 2 aliphatic heterocycles. The summed E-state index contributed by atoms with van der Waals surface area (Å²) >= 11 is 5.95. The summed E-state index contributed by atoms with van der Waals surface area (Å²) in [5.74, 6) is 0. The Bertz CT molecular complexity index is 492. The van der Waals surface area contributed by atoms with Gasteiger partial charge in [-0.05, 0) is 43.7 Å². The summed E-state index contributed by atoms with van der Waals surface area (Å²) in [4.78, 5) is 13.8. The number of fused-ring (bicyclic) bond motifs is 1. The minimum atomic E-state index is -0.251. The molecule has 18 heavy (non-hydrogen) atoms. The molecule has 1 amide bonds. The lowest BCUT2D eigenvalue weighted by atomic mass is 10.0. The van der Waals surface area contributed by atoms with Crippen LogP contribution in [0.15, 0.2) is 18.2 Å². The molecule has 2 unspecified atom stereocenters. The standard InChI is InChI=1S/C13H15ClN2O2/c1-8-6-9(14)2-3-10(8)16-11-4-5-15-7-12(11)18-13(16)17/h2-3,6,11-12,15H,4-5,7H2,1H3. The molecule has 0 bridgehead atoms. The molecule has 1 aromatic rings. The number of nitrogens with one attached hydrogen (secondary N) is 1. The first kappa shape index (κ1) is 11.8. The summed E-state index contributed by atoms with van der Waals surface area (Å²) in [7, 11) is 0. The number of amides is 1. The van der Waals surface area contributed by atoms with Crippen LogP contribution in [0.1, 0.15) is 12.0 Å². The van der Waals surface area contributed by atoms with Crippen LogP contribution in [0.3, 0.4) is 0 Å². The van der Waals surface area contributed by atoms with E-state index >= 15 is 0 Å². The Morgan fingerprint density at radius 2 is 2.33 bits per heavy atom. The average molecular weight is 267 g/mol. The Morgan fingerprint density at radius 3 is 3.11 bits per heavy atom. The summed E-state index contributed by atoms with van der Waals surface area (Å²) in [5.41, 5.74) is 1.90. The lowest BCUT2D eigenvalue weighted by molar-refractivity contribution is 0.121. The van der Waals surface area contributed by atoms with Crippen LogP contribution in [0, 0.1) is 6.92 Å². The molecule has 3 rings (SSSR count). The van der Waals surface area contributed by atoms with Gasteiger partial charge in [-0.15, -0.1) is 0 Å². The molecular formula is C13H15ClN2O2. The quantitative estimate of drug-likeness (QED) is 0.848. The first-order valence-corrected chi connectivity index (χ1v) is 6.51. The van der Waals surface area contributed by atoms with Crippen LogP contribution in [0.25, 0.3) is 0 Å². The van der Waals surface area contributed by atoms with Gasteiger partial charge in [-0.25, -0.2) is 4.79 Å². The monoisotopic (exact) mass is 266 g/mol. The number of rotatable bonds is 1. The topological polar surface area (TPSA) is 41.6 Å². The fourth-order valence-electron chi connectivity index (χ4n) is 2.72. The largest absolute Gasteiger partial charge is 0.442 e. The smallest absolute Gasteiger partial charge is 0.415 e. The lowest BCUT2D eigenvalue weighted by Gasteiger charge is -2.29. The first-order chi connectivity index (χ1) is 8.66. The van der Waals surface area contributed by atoms with Crippen LogP contribution in [0.4, 0.5) is 10.5 Å². The van der Waals surface area contributed by atoms with E-state index in [1.165, 1.54) is 0 Å². The van der Waals surface area contributed by atoms with E-state index in [1.807, 2.05) is 25.1 Å². The van der Waals surface area contributed by atoms with Crippen molar-refractivity contribution in [2.24, 2.45) is 0 Å². The number of hydrogen-bond donors (Lipinski definition) is 1. The zero-order valence-electron chi connectivity index (χ0n) is 10.1. The van der Waals surface area contributed by atoms with Gasteiger partial charge in [0.15, 0.2) is 0 Å². The van der Waals surface area contributed by atoms with Gasteiger partial charge in [0.1, 0.15) is 6.10 Å². The molecule has 0 radical (unpaired) electrons. The maximum absolute atomic E-state index is 12.0. The number of anilines is 1. The van der Waals surface area contributed by atoms with Gasteiger partial charge in [0.25, 0.3) is 0 Å². The van der Waals surface area contributed by atoms with E-state index in [2.05, 4.69) is 5.32 Å². The highest BCUT2D eigenvalue weighted by molar-refractivity contribution is 6.30. The van der Waals surface area contributed by atoms with Gasteiger partial charge in [0, 0.05) is 11.6 Å². The number of nitrogens with zero attached hydrogens (tertiary/aromatic N) is 1. The molecule has 2 aliphatic rings. The molecule has 0 aliphatic carbocycles. The second-order valence-electron chi connectivity index (χ2n) is 4.78. The maximum Gasteiger partial charge on any atom is 0.415 e. The molecule has 1 N–H and O–H groups in total. The third-order valence-electron chi connectivity index (χ3n) is 3.59. The van der Waals surface area contributed by atoms with Crippen molar-refractivity contribution >= 4 is 23.4 Å². The molecule has 2 fully saturated rings. The molecule has 4 nitrogen and oxygen atoms in total. The minimum Gasteiger partial charge on any atom is -0.442 e. The lowest BCUT2D eigenvalue weighted by Crippen LogP contribution is -2.47. The van der Waals surface area contributed by atoms with E-state index in [4.69, 9.17) is 16.3 Å². The fraction of sp³-hybridized carbons (Fsp3) is 0.462. The number of piperidine rings is 1. The van der Waals surface area contributed by atoms with Gasteiger partial charge in [-0.1, -0.05) is 11.6 Å². The highest BCUT2D eigenvalue weighted by Crippen LogP contribution is 2.33.